The lowest BCUT2D eigenvalue weighted by molar-refractivity contribution is 0.102. The monoisotopic (exact) mass is 356 g/mol. The summed E-state index contributed by atoms with van der Waals surface area (Å²) in [5.41, 5.74) is 2.13. The van der Waals surface area contributed by atoms with E-state index in [2.05, 4.69) is 5.32 Å². The third-order valence-electron chi connectivity index (χ3n) is 3.83. The third kappa shape index (κ3) is 3.74. The summed E-state index contributed by atoms with van der Waals surface area (Å²) in [5, 5.41) is 2.88. The maximum absolute atomic E-state index is 12.4. The van der Waals surface area contributed by atoms with Gasteiger partial charge in [0, 0.05) is 17.8 Å². The fourth-order valence-electron chi connectivity index (χ4n) is 2.57. The SMILES string of the molecule is CCCOc1ccc(C(=O)Nc2ccc3c(c2)sc(=O)n3CC)cc1. The fourth-order valence-corrected chi connectivity index (χ4v) is 3.56. The molecule has 25 heavy (non-hydrogen) atoms. The van der Waals surface area contributed by atoms with Crippen LogP contribution in [0.3, 0.4) is 0 Å². The van der Waals surface area contributed by atoms with Gasteiger partial charge in [-0.15, -0.1) is 0 Å². The van der Waals surface area contributed by atoms with Crippen molar-refractivity contribution in [1.29, 1.82) is 0 Å². The maximum atomic E-state index is 12.4. The Morgan fingerprint density at radius 1 is 1.16 bits per heavy atom. The summed E-state index contributed by atoms with van der Waals surface area (Å²) in [6.45, 7) is 5.28. The van der Waals surface area contributed by atoms with Crippen molar-refractivity contribution in [3.63, 3.8) is 0 Å². The Balaban J connectivity index is 1.76. The molecule has 0 spiro atoms. The molecule has 3 rings (SSSR count). The van der Waals surface area contributed by atoms with Crippen molar-refractivity contribution in [2.24, 2.45) is 0 Å². The van der Waals surface area contributed by atoms with Gasteiger partial charge in [-0.1, -0.05) is 18.3 Å². The normalized spacial score (nSPS) is 10.8. The molecule has 0 aliphatic carbocycles. The van der Waals surface area contributed by atoms with E-state index in [1.54, 1.807) is 28.8 Å². The van der Waals surface area contributed by atoms with Crippen LogP contribution in [0.25, 0.3) is 10.2 Å². The Labute approximate surface area is 149 Å². The molecule has 0 bridgehead atoms. The van der Waals surface area contributed by atoms with Gasteiger partial charge in [0.05, 0.1) is 16.8 Å². The quantitative estimate of drug-likeness (QED) is 0.722. The molecule has 0 aliphatic heterocycles. The summed E-state index contributed by atoms with van der Waals surface area (Å²) in [5.74, 6) is 0.564. The van der Waals surface area contributed by atoms with E-state index in [9.17, 15) is 9.59 Å². The van der Waals surface area contributed by atoms with Gasteiger partial charge in [-0.25, -0.2) is 0 Å². The summed E-state index contributed by atoms with van der Waals surface area (Å²) in [6, 6.07) is 12.6. The number of nitrogens with zero attached hydrogens (tertiary/aromatic N) is 1. The fraction of sp³-hybridized carbons (Fsp3) is 0.263. The largest absolute Gasteiger partial charge is 0.494 e. The molecule has 0 saturated heterocycles. The second-order valence-electron chi connectivity index (χ2n) is 5.62. The van der Waals surface area contributed by atoms with E-state index in [0.717, 1.165) is 22.4 Å². The predicted molar refractivity (Wildman–Crippen MR) is 102 cm³/mol. The van der Waals surface area contributed by atoms with E-state index in [4.69, 9.17) is 4.74 Å². The van der Waals surface area contributed by atoms with Crippen LogP contribution in [0.15, 0.2) is 47.3 Å². The molecule has 1 heterocycles. The van der Waals surface area contributed by atoms with Crippen LogP contribution in [0.2, 0.25) is 0 Å². The summed E-state index contributed by atoms with van der Waals surface area (Å²) < 4.78 is 8.11. The van der Waals surface area contributed by atoms with Crippen molar-refractivity contribution in [3.05, 3.63) is 57.7 Å². The summed E-state index contributed by atoms with van der Waals surface area (Å²) in [7, 11) is 0. The van der Waals surface area contributed by atoms with E-state index in [1.165, 1.54) is 11.3 Å². The van der Waals surface area contributed by atoms with E-state index < -0.39 is 0 Å². The molecular weight excluding hydrogens is 336 g/mol. The Bertz CT molecular complexity index is 941. The van der Waals surface area contributed by atoms with Crippen molar-refractivity contribution in [1.82, 2.24) is 4.57 Å². The molecular formula is C19H20N2O3S. The van der Waals surface area contributed by atoms with E-state index >= 15 is 0 Å². The van der Waals surface area contributed by atoms with Crippen molar-refractivity contribution in [2.45, 2.75) is 26.8 Å². The lowest BCUT2D eigenvalue weighted by Crippen LogP contribution is -2.12. The molecule has 6 heteroatoms. The molecule has 1 aromatic heterocycles. The van der Waals surface area contributed by atoms with Crippen LogP contribution < -0.4 is 14.9 Å². The average Bonchev–Trinajstić information content (AvgIpc) is 2.94. The minimum Gasteiger partial charge on any atom is -0.494 e. The second kappa shape index (κ2) is 7.53. The molecule has 130 valence electrons. The smallest absolute Gasteiger partial charge is 0.308 e. The van der Waals surface area contributed by atoms with Crippen molar-refractivity contribution < 1.29 is 9.53 Å². The number of carbonyl (C=O) groups excluding carboxylic acids is 1. The van der Waals surface area contributed by atoms with Crippen molar-refractivity contribution in [3.8, 4) is 5.75 Å². The van der Waals surface area contributed by atoms with Gasteiger partial charge in [-0.2, -0.15) is 0 Å². The number of carbonyl (C=O) groups is 1. The molecule has 0 fully saturated rings. The summed E-state index contributed by atoms with van der Waals surface area (Å²) in [6.07, 6.45) is 0.941. The number of hydrogen-bond donors (Lipinski definition) is 1. The van der Waals surface area contributed by atoms with Crippen LogP contribution in [0.4, 0.5) is 5.69 Å². The average molecular weight is 356 g/mol. The highest BCUT2D eigenvalue weighted by atomic mass is 32.1. The van der Waals surface area contributed by atoms with E-state index in [0.29, 0.717) is 24.4 Å². The number of thiazole rings is 1. The number of amides is 1. The van der Waals surface area contributed by atoms with Crippen LogP contribution in [0.1, 0.15) is 30.6 Å². The first kappa shape index (κ1) is 17.2. The standard InChI is InChI=1S/C19H20N2O3S/c1-3-11-24-15-8-5-13(6-9-15)18(22)20-14-7-10-16-17(12-14)25-19(23)21(16)4-2/h5-10,12H,3-4,11H2,1-2H3,(H,20,22). The number of fused-ring (bicyclic) bond motifs is 1. The number of aromatic nitrogens is 1. The third-order valence-corrected chi connectivity index (χ3v) is 4.77. The van der Waals surface area contributed by atoms with Gasteiger partial charge < -0.3 is 10.1 Å². The van der Waals surface area contributed by atoms with Gasteiger partial charge in [-0.3, -0.25) is 14.2 Å². The number of aryl methyl sites for hydroxylation is 1. The maximum Gasteiger partial charge on any atom is 0.308 e. The number of anilines is 1. The second-order valence-corrected chi connectivity index (χ2v) is 6.61. The van der Waals surface area contributed by atoms with Gasteiger partial charge in [0.2, 0.25) is 0 Å². The van der Waals surface area contributed by atoms with Crippen LogP contribution >= 0.6 is 11.3 Å². The Morgan fingerprint density at radius 3 is 2.60 bits per heavy atom. The summed E-state index contributed by atoms with van der Waals surface area (Å²) >= 11 is 1.19. The van der Waals surface area contributed by atoms with Crippen LogP contribution in [0, 0.1) is 0 Å². The molecule has 5 nitrogen and oxygen atoms in total. The van der Waals surface area contributed by atoms with Gasteiger partial charge >= 0.3 is 4.87 Å². The minimum atomic E-state index is -0.191. The summed E-state index contributed by atoms with van der Waals surface area (Å²) in [4.78, 5) is 24.3. The van der Waals surface area contributed by atoms with Gasteiger partial charge in [0.15, 0.2) is 0 Å². The molecule has 0 aliphatic rings. The van der Waals surface area contributed by atoms with Crippen LogP contribution in [-0.2, 0) is 6.54 Å². The molecule has 0 atom stereocenters. The highest BCUT2D eigenvalue weighted by Gasteiger charge is 2.10. The molecule has 0 unspecified atom stereocenters. The zero-order chi connectivity index (χ0) is 17.8. The van der Waals surface area contributed by atoms with Gasteiger partial charge in [0.25, 0.3) is 5.91 Å². The topological polar surface area (TPSA) is 60.3 Å². The number of benzene rings is 2. The number of hydrogen-bond acceptors (Lipinski definition) is 4. The zero-order valence-corrected chi connectivity index (χ0v) is 15.1. The van der Waals surface area contributed by atoms with Crippen molar-refractivity contribution in [2.75, 3.05) is 11.9 Å². The minimum absolute atomic E-state index is 0.0173. The molecule has 2 aromatic carbocycles. The van der Waals surface area contributed by atoms with Crippen LogP contribution in [0.5, 0.6) is 5.75 Å². The lowest BCUT2D eigenvalue weighted by Gasteiger charge is -2.08. The van der Waals surface area contributed by atoms with Gasteiger partial charge in [0.1, 0.15) is 5.75 Å². The molecule has 0 radical (unpaired) electrons. The van der Waals surface area contributed by atoms with Crippen LogP contribution in [-0.4, -0.2) is 17.1 Å². The van der Waals surface area contributed by atoms with Crippen molar-refractivity contribution >= 4 is 33.1 Å². The molecule has 1 N–H and O–H groups in total. The number of nitrogens with one attached hydrogen (secondary N) is 1. The Morgan fingerprint density at radius 2 is 1.92 bits per heavy atom. The Hall–Kier alpha value is -2.60. The first-order valence-corrected chi connectivity index (χ1v) is 9.11. The predicted octanol–water partition coefficient (Wildman–Crippen LogP) is 4.12. The molecule has 1 amide bonds. The van der Waals surface area contributed by atoms with Gasteiger partial charge in [-0.05, 0) is 55.8 Å². The first-order chi connectivity index (χ1) is 12.1. The first-order valence-electron chi connectivity index (χ1n) is 8.30. The highest BCUT2D eigenvalue weighted by molar-refractivity contribution is 7.16. The highest BCUT2D eigenvalue weighted by Crippen LogP contribution is 2.22. The lowest BCUT2D eigenvalue weighted by atomic mass is 10.2. The number of rotatable bonds is 6. The molecule has 0 saturated carbocycles. The number of ether oxygens (including phenoxy) is 1. The van der Waals surface area contributed by atoms with E-state index in [-0.39, 0.29) is 10.8 Å². The zero-order valence-electron chi connectivity index (χ0n) is 14.2. The Kier molecular flexibility index (Phi) is 5.19. The molecule has 3 aromatic rings. The van der Waals surface area contributed by atoms with E-state index in [1.807, 2.05) is 32.0 Å².